The van der Waals surface area contributed by atoms with Gasteiger partial charge in [0.05, 0.1) is 13.2 Å². The maximum atomic E-state index is 12.8. The van der Waals surface area contributed by atoms with Gasteiger partial charge >= 0.3 is 18.0 Å². The molecule has 0 aromatic rings. The standard InChI is InChI=1S/C62H103N3O6/c1-6-8-10-12-14-16-18-20-22-24-26-28-30-32-34-36-42-51-60(66)69-57-46-38-40-49-59(71-62(68)63-53-48-56-65(5)55-45-44-54-64(3)4)50-41-39-47-58-70-61(67)52-43-37-35-33-31-29-27-25-23-21-19-17-15-13-11-9-7-2/h8-11,14-17,20-23,26-29,32-35,59H,6-7,12-13,18-19,24-25,30-31,36-58H2,1-5H3,(H,63,68)/b10-8-,11-9-,16-14-,17-15-,22-20-,23-21-,28-26-,29-27-,34-32-,35-33-. The predicted molar refractivity (Wildman–Crippen MR) is 304 cm³/mol. The Labute approximate surface area is 435 Å². The van der Waals surface area contributed by atoms with E-state index in [4.69, 9.17) is 14.2 Å². The van der Waals surface area contributed by atoms with Crippen molar-refractivity contribution in [3.8, 4) is 0 Å². The molecule has 0 aliphatic rings. The van der Waals surface area contributed by atoms with Crippen LogP contribution in [0.2, 0.25) is 0 Å². The predicted octanol–water partition coefficient (Wildman–Crippen LogP) is 15.8. The number of hydrogen-bond acceptors (Lipinski definition) is 8. The highest BCUT2D eigenvalue weighted by Gasteiger charge is 2.15. The smallest absolute Gasteiger partial charge is 0.407 e. The van der Waals surface area contributed by atoms with Gasteiger partial charge in [-0.25, -0.2) is 4.79 Å². The van der Waals surface area contributed by atoms with Crippen LogP contribution in [0.1, 0.15) is 187 Å². The zero-order valence-electron chi connectivity index (χ0n) is 45.8. The van der Waals surface area contributed by atoms with Crippen molar-refractivity contribution >= 4 is 18.0 Å². The fourth-order valence-electron chi connectivity index (χ4n) is 7.20. The third-order valence-corrected chi connectivity index (χ3v) is 11.3. The van der Waals surface area contributed by atoms with Crippen molar-refractivity contribution in [2.24, 2.45) is 0 Å². The lowest BCUT2D eigenvalue weighted by molar-refractivity contribution is -0.144. The Balaban J connectivity index is 4.42. The van der Waals surface area contributed by atoms with E-state index in [1.165, 1.54) is 6.42 Å². The van der Waals surface area contributed by atoms with Crippen LogP contribution in [0, 0.1) is 0 Å². The molecule has 0 atom stereocenters. The molecule has 71 heavy (non-hydrogen) atoms. The minimum Gasteiger partial charge on any atom is -0.466 e. The third-order valence-electron chi connectivity index (χ3n) is 11.3. The summed E-state index contributed by atoms with van der Waals surface area (Å²) in [4.78, 5) is 42.0. The number of carbonyl (C=O) groups excluding carboxylic acids is 3. The molecular weight excluding hydrogens is 883 g/mol. The van der Waals surface area contributed by atoms with E-state index in [1.807, 2.05) is 0 Å². The highest BCUT2D eigenvalue weighted by atomic mass is 16.6. The first-order valence-electron chi connectivity index (χ1n) is 27.9. The molecule has 0 saturated heterocycles. The molecule has 402 valence electrons. The minimum atomic E-state index is -0.360. The Morgan fingerprint density at radius 2 is 0.789 bits per heavy atom. The highest BCUT2D eigenvalue weighted by Crippen LogP contribution is 2.16. The molecule has 0 aliphatic heterocycles. The molecule has 0 spiro atoms. The van der Waals surface area contributed by atoms with E-state index in [0.717, 1.165) is 174 Å². The van der Waals surface area contributed by atoms with Gasteiger partial charge in [-0.3, -0.25) is 9.59 Å². The average Bonchev–Trinajstić information content (AvgIpc) is 3.35. The zero-order valence-corrected chi connectivity index (χ0v) is 45.8. The van der Waals surface area contributed by atoms with Crippen molar-refractivity contribution in [2.75, 3.05) is 60.5 Å². The van der Waals surface area contributed by atoms with Crippen molar-refractivity contribution in [2.45, 2.75) is 193 Å². The number of ether oxygens (including phenoxy) is 3. The van der Waals surface area contributed by atoms with Crippen LogP contribution < -0.4 is 5.32 Å². The molecular formula is C62H103N3O6. The molecule has 0 saturated carbocycles. The summed E-state index contributed by atoms with van der Waals surface area (Å²) in [6.07, 6.45) is 67.1. The van der Waals surface area contributed by atoms with Gasteiger partial charge in [0, 0.05) is 19.4 Å². The number of allylic oxidation sites excluding steroid dienone is 20. The molecule has 0 fully saturated rings. The summed E-state index contributed by atoms with van der Waals surface area (Å²) in [7, 11) is 6.34. The number of nitrogens with one attached hydrogen (secondary N) is 1. The van der Waals surface area contributed by atoms with E-state index in [0.29, 0.717) is 32.6 Å². The fourth-order valence-corrected chi connectivity index (χ4v) is 7.20. The Morgan fingerprint density at radius 1 is 0.423 bits per heavy atom. The number of amides is 1. The van der Waals surface area contributed by atoms with E-state index in [2.05, 4.69) is 172 Å². The van der Waals surface area contributed by atoms with Gasteiger partial charge in [-0.1, -0.05) is 135 Å². The quantitative estimate of drug-likeness (QED) is 0.0279. The molecule has 0 unspecified atom stereocenters. The Morgan fingerprint density at radius 3 is 1.18 bits per heavy atom. The second-order valence-corrected chi connectivity index (χ2v) is 18.5. The van der Waals surface area contributed by atoms with Crippen LogP contribution in [-0.2, 0) is 23.8 Å². The Hall–Kier alpha value is -4.47. The minimum absolute atomic E-state index is 0.141. The van der Waals surface area contributed by atoms with E-state index in [1.54, 1.807) is 0 Å². The van der Waals surface area contributed by atoms with Gasteiger partial charge in [-0.05, 0) is 201 Å². The second kappa shape index (κ2) is 54.9. The maximum Gasteiger partial charge on any atom is 0.407 e. The highest BCUT2D eigenvalue weighted by molar-refractivity contribution is 5.69. The average molecular weight is 987 g/mol. The lowest BCUT2D eigenvalue weighted by Gasteiger charge is -2.19. The van der Waals surface area contributed by atoms with Crippen LogP contribution in [-0.4, -0.2) is 94.5 Å². The summed E-state index contributed by atoms with van der Waals surface area (Å²) in [5.41, 5.74) is 0. The molecule has 0 radical (unpaired) electrons. The summed E-state index contributed by atoms with van der Waals surface area (Å²) in [6.45, 7) is 8.79. The van der Waals surface area contributed by atoms with Gasteiger partial charge in [-0.2, -0.15) is 0 Å². The van der Waals surface area contributed by atoms with Crippen molar-refractivity contribution < 1.29 is 28.6 Å². The monoisotopic (exact) mass is 986 g/mol. The molecule has 1 amide bonds. The summed E-state index contributed by atoms with van der Waals surface area (Å²) >= 11 is 0. The van der Waals surface area contributed by atoms with Crippen molar-refractivity contribution in [1.82, 2.24) is 15.1 Å². The Bertz CT molecular complexity index is 1460. The summed E-state index contributed by atoms with van der Waals surface area (Å²) in [5.74, 6) is -0.282. The van der Waals surface area contributed by atoms with Crippen LogP contribution in [0.4, 0.5) is 4.79 Å². The molecule has 0 aromatic heterocycles. The first kappa shape index (κ1) is 66.5. The van der Waals surface area contributed by atoms with E-state index in [9.17, 15) is 14.4 Å². The van der Waals surface area contributed by atoms with Crippen LogP contribution >= 0.6 is 0 Å². The number of unbranched alkanes of at least 4 members (excludes halogenated alkanes) is 7. The fraction of sp³-hybridized carbons (Fsp3) is 0.629. The van der Waals surface area contributed by atoms with Crippen LogP contribution in [0.5, 0.6) is 0 Å². The van der Waals surface area contributed by atoms with Crippen molar-refractivity contribution in [1.29, 1.82) is 0 Å². The molecule has 9 nitrogen and oxygen atoms in total. The normalized spacial score (nSPS) is 12.7. The molecule has 0 heterocycles. The van der Waals surface area contributed by atoms with Crippen LogP contribution in [0.15, 0.2) is 122 Å². The third kappa shape index (κ3) is 54.7. The number of carbonyl (C=O) groups is 3. The SMILES string of the molecule is CC/C=C\C/C=C\C/C=C\C/C=C\C/C=C\CCCC(=O)OCCCCCC(CCCCCOC(=O)CCC/C=C\C/C=C\C/C=C\C/C=C\C/C=C\CC)OC(=O)NCCCN(C)CCCCN(C)C. The first-order valence-corrected chi connectivity index (χ1v) is 27.9. The van der Waals surface area contributed by atoms with E-state index >= 15 is 0 Å². The summed E-state index contributed by atoms with van der Waals surface area (Å²) in [6, 6.07) is 0. The van der Waals surface area contributed by atoms with Gasteiger partial charge in [0.2, 0.25) is 0 Å². The first-order chi connectivity index (χ1) is 34.8. The van der Waals surface area contributed by atoms with Gasteiger partial charge in [0.25, 0.3) is 0 Å². The van der Waals surface area contributed by atoms with Crippen LogP contribution in [0.25, 0.3) is 0 Å². The lowest BCUT2D eigenvalue weighted by Crippen LogP contribution is -2.32. The van der Waals surface area contributed by atoms with Crippen molar-refractivity contribution in [3.63, 3.8) is 0 Å². The molecule has 0 aliphatic carbocycles. The number of esters is 2. The summed E-state index contributed by atoms with van der Waals surface area (Å²) in [5, 5.41) is 2.96. The number of nitrogens with zero attached hydrogens (tertiary/aromatic N) is 2. The number of alkyl carbamates (subject to hydrolysis) is 1. The topological polar surface area (TPSA) is 97.4 Å². The second-order valence-electron chi connectivity index (χ2n) is 18.5. The number of rotatable bonds is 48. The van der Waals surface area contributed by atoms with Gasteiger partial charge < -0.3 is 29.3 Å². The summed E-state index contributed by atoms with van der Waals surface area (Å²) < 4.78 is 16.9. The molecule has 9 heteroatoms. The van der Waals surface area contributed by atoms with Gasteiger partial charge in [0.15, 0.2) is 0 Å². The molecule has 1 N–H and O–H groups in total. The largest absolute Gasteiger partial charge is 0.466 e. The molecule has 0 bridgehead atoms. The van der Waals surface area contributed by atoms with Gasteiger partial charge in [-0.15, -0.1) is 0 Å². The van der Waals surface area contributed by atoms with E-state index < -0.39 is 0 Å². The maximum absolute atomic E-state index is 12.8. The lowest BCUT2D eigenvalue weighted by atomic mass is 10.0. The Kier molecular flexibility index (Phi) is 51.4. The van der Waals surface area contributed by atoms with Gasteiger partial charge in [0.1, 0.15) is 6.10 Å². The zero-order chi connectivity index (χ0) is 51.8. The number of hydrogen-bond donors (Lipinski definition) is 1. The van der Waals surface area contributed by atoms with Crippen molar-refractivity contribution in [3.05, 3.63) is 122 Å². The molecule has 0 rings (SSSR count). The van der Waals surface area contributed by atoms with Crippen LogP contribution in [0.3, 0.4) is 0 Å². The van der Waals surface area contributed by atoms with E-state index in [-0.39, 0.29) is 24.1 Å². The molecule has 0 aromatic carbocycles.